The van der Waals surface area contributed by atoms with Crippen molar-refractivity contribution in [2.24, 2.45) is 0 Å². The lowest BCUT2D eigenvalue weighted by Gasteiger charge is -2.16. The van der Waals surface area contributed by atoms with E-state index in [-0.39, 0.29) is 18.6 Å². The lowest BCUT2D eigenvalue weighted by atomic mass is 10.0. The fraction of sp³-hybridized carbons (Fsp3) is 0.261. The molecule has 1 aliphatic carbocycles. The highest BCUT2D eigenvalue weighted by atomic mass is 16.5. The van der Waals surface area contributed by atoms with Gasteiger partial charge in [0.1, 0.15) is 5.75 Å². The van der Waals surface area contributed by atoms with Gasteiger partial charge in [0.2, 0.25) is 0 Å². The average molecular weight is 345 g/mol. The molecule has 0 spiro atoms. The zero-order chi connectivity index (χ0) is 17.9. The van der Waals surface area contributed by atoms with Crippen molar-refractivity contribution < 1.29 is 9.53 Å². The van der Waals surface area contributed by atoms with Crippen molar-refractivity contribution in [2.75, 3.05) is 6.61 Å². The Bertz CT molecular complexity index is 943. The maximum absolute atomic E-state index is 12.3. The van der Waals surface area contributed by atoms with Gasteiger partial charge >= 0.3 is 0 Å². The first-order valence-corrected chi connectivity index (χ1v) is 9.22. The van der Waals surface area contributed by atoms with Gasteiger partial charge in [-0.15, -0.1) is 0 Å². The summed E-state index contributed by atoms with van der Waals surface area (Å²) in [6, 6.07) is 20.5. The van der Waals surface area contributed by atoms with Gasteiger partial charge in [-0.1, -0.05) is 54.6 Å². The minimum Gasteiger partial charge on any atom is -0.483 e. The van der Waals surface area contributed by atoms with Crippen molar-refractivity contribution in [3.05, 3.63) is 77.4 Å². The van der Waals surface area contributed by atoms with Crippen LogP contribution in [-0.4, -0.2) is 12.5 Å². The molecule has 3 aromatic rings. The molecule has 3 nitrogen and oxygen atoms in total. The summed E-state index contributed by atoms with van der Waals surface area (Å²) in [5.74, 6) is 0.634. The predicted molar refractivity (Wildman–Crippen MR) is 104 cm³/mol. The highest BCUT2D eigenvalue weighted by Crippen LogP contribution is 2.26. The van der Waals surface area contributed by atoms with E-state index in [1.165, 1.54) is 24.0 Å². The van der Waals surface area contributed by atoms with Crippen molar-refractivity contribution in [2.45, 2.75) is 32.2 Å². The number of carbonyl (C=O) groups excluding carboxylic acids is 1. The second kappa shape index (κ2) is 7.20. The van der Waals surface area contributed by atoms with Crippen LogP contribution in [0.5, 0.6) is 5.75 Å². The Hall–Kier alpha value is -2.81. The molecule has 3 aromatic carbocycles. The number of hydrogen-bond donors (Lipinski definition) is 1. The Kier molecular flexibility index (Phi) is 4.61. The van der Waals surface area contributed by atoms with Gasteiger partial charge in [-0.3, -0.25) is 4.79 Å². The van der Waals surface area contributed by atoms with Gasteiger partial charge in [0, 0.05) is 5.39 Å². The summed E-state index contributed by atoms with van der Waals surface area (Å²) < 4.78 is 5.78. The van der Waals surface area contributed by atoms with E-state index >= 15 is 0 Å². The topological polar surface area (TPSA) is 38.3 Å². The predicted octanol–water partition coefficient (Wildman–Crippen LogP) is 4.58. The summed E-state index contributed by atoms with van der Waals surface area (Å²) in [4.78, 5) is 12.3. The third-order valence-corrected chi connectivity index (χ3v) is 5.11. The molecule has 0 aromatic heterocycles. The van der Waals surface area contributed by atoms with Crippen LogP contribution in [0.1, 0.15) is 36.1 Å². The SMILES string of the molecule is CC(NC(=O)COc1cccc2ccccc12)c1ccc2c(c1)CCC2. The Morgan fingerprint density at radius 1 is 1.04 bits per heavy atom. The number of rotatable bonds is 5. The molecule has 1 atom stereocenters. The molecule has 1 amide bonds. The maximum Gasteiger partial charge on any atom is 0.258 e. The molecule has 0 saturated heterocycles. The molecular formula is C23H23NO2. The quantitative estimate of drug-likeness (QED) is 0.735. The number of carbonyl (C=O) groups is 1. The third-order valence-electron chi connectivity index (χ3n) is 5.11. The fourth-order valence-corrected chi connectivity index (χ4v) is 3.69. The Labute approximate surface area is 154 Å². The molecule has 0 saturated carbocycles. The molecule has 26 heavy (non-hydrogen) atoms. The number of ether oxygens (including phenoxy) is 1. The molecule has 0 aliphatic heterocycles. The van der Waals surface area contributed by atoms with Crippen molar-refractivity contribution in [3.63, 3.8) is 0 Å². The minimum absolute atomic E-state index is 0.0172. The highest BCUT2D eigenvalue weighted by molar-refractivity contribution is 5.88. The summed E-state index contributed by atoms with van der Waals surface area (Å²) in [6.07, 6.45) is 3.56. The molecule has 3 heteroatoms. The number of fused-ring (bicyclic) bond motifs is 2. The standard InChI is InChI=1S/C23H23NO2/c1-16(19-13-12-17-7-4-9-20(17)14-19)24-23(25)15-26-22-11-5-8-18-6-2-3-10-21(18)22/h2-3,5-6,8,10-14,16H,4,7,9,15H2,1H3,(H,24,25). The molecule has 1 aliphatic rings. The van der Waals surface area contributed by atoms with Gasteiger partial charge in [-0.05, 0) is 54.3 Å². The van der Waals surface area contributed by atoms with Crippen LogP contribution < -0.4 is 10.1 Å². The van der Waals surface area contributed by atoms with Crippen LogP contribution in [0.2, 0.25) is 0 Å². The monoisotopic (exact) mass is 345 g/mol. The van der Waals surface area contributed by atoms with Crippen molar-refractivity contribution in [1.29, 1.82) is 0 Å². The van der Waals surface area contributed by atoms with Gasteiger partial charge in [-0.25, -0.2) is 0 Å². The maximum atomic E-state index is 12.3. The van der Waals surface area contributed by atoms with E-state index in [1.807, 2.05) is 49.4 Å². The van der Waals surface area contributed by atoms with Gasteiger partial charge < -0.3 is 10.1 Å². The Morgan fingerprint density at radius 2 is 1.85 bits per heavy atom. The third kappa shape index (κ3) is 3.43. The zero-order valence-electron chi connectivity index (χ0n) is 15.0. The lowest BCUT2D eigenvalue weighted by molar-refractivity contribution is -0.123. The number of nitrogens with one attached hydrogen (secondary N) is 1. The van der Waals surface area contributed by atoms with Crippen LogP contribution in [0, 0.1) is 0 Å². The van der Waals surface area contributed by atoms with Gasteiger partial charge in [0.15, 0.2) is 6.61 Å². The fourth-order valence-electron chi connectivity index (χ4n) is 3.69. The van der Waals surface area contributed by atoms with E-state index in [4.69, 9.17) is 4.74 Å². The molecular weight excluding hydrogens is 322 g/mol. The summed E-state index contributed by atoms with van der Waals surface area (Å²) in [6.45, 7) is 2.04. The first-order chi connectivity index (χ1) is 12.7. The molecule has 4 rings (SSSR count). The van der Waals surface area contributed by atoms with E-state index in [1.54, 1.807) is 0 Å². The summed E-state index contributed by atoms with van der Waals surface area (Å²) >= 11 is 0. The van der Waals surface area contributed by atoms with E-state index in [2.05, 4.69) is 23.5 Å². The van der Waals surface area contributed by atoms with E-state index in [9.17, 15) is 4.79 Å². The van der Waals surface area contributed by atoms with E-state index in [0.717, 1.165) is 28.5 Å². The molecule has 132 valence electrons. The van der Waals surface area contributed by atoms with Crippen LogP contribution in [0.3, 0.4) is 0 Å². The molecule has 0 bridgehead atoms. The molecule has 0 heterocycles. The largest absolute Gasteiger partial charge is 0.483 e. The average Bonchev–Trinajstić information content (AvgIpc) is 3.14. The van der Waals surface area contributed by atoms with Crippen molar-refractivity contribution in [3.8, 4) is 5.75 Å². The molecule has 0 fully saturated rings. The molecule has 1 unspecified atom stereocenters. The normalized spacial score (nSPS) is 14.0. The lowest BCUT2D eigenvalue weighted by Crippen LogP contribution is -2.31. The van der Waals surface area contributed by atoms with Crippen LogP contribution in [0.4, 0.5) is 0 Å². The summed E-state index contributed by atoms with van der Waals surface area (Å²) in [7, 11) is 0. The number of hydrogen-bond acceptors (Lipinski definition) is 2. The zero-order valence-corrected chi connectivity index (χ0v) is 15.0. The van der Waals surface area contributed by atoms with Gasteiger partial charge in [0.25, 0.3) is 5.91 Å². The van der Waals surface area contributed by atoms with E-state index < -0.39 is 0 Å². The van der Waals surface area contributed by atoms with Crippen LogP contribution in [-0.2, 0) is 17.6 Å². The second-order valence-corrected chi connectivity index (χ2v) is 6.94. The first-order valence-electron chi connectivity index (χ1n) is 9.22. The first kappa shape index (κ1) is 16.6. The second-order valence-electron chi connectivity index (χ2n) is 6.94. The Balaban J connectivity index is 1.39. The van der Waals surface area contributed by atoms with Crippen molar-refractivity contribution in [1.82, 2.24) is 5.32 Å². The number of benzene rings is 3. The van der Waals surface area contributed by atoms with Crippen molar-refractivity contribution >= 4 is 16.7 Å². The highest BCUT2D eigenvalue weighted by Gasteiger charge is 2.15. The minimum atomic E-state index is -0.106. The molecule has 0 radical (unpaired) electrons. The van der Waals surface area contributed by atoms with Crippen LogP contribution >= 0.6 is 0 Å². The van der Waals surface area contributed by atoms with Crippen LogP contribution in [0.15, 0.2) is 60.7 Å². The van der Waals surface area contributed by atoms with Gasteiger partial charge in [-0.2, -0.15) is 0 Å². The number of amides is 1. The molecule has 1 N–H and O–H groups in total. The Morgan fingerprint density at radius 3 is 2.77 bits per heavy atom. The smallest absolute Gasteiger partial charge is 0.258 e. The number of aryl methyl sites for hydroxylation is 2. The van der Waals surface area contributed by atoms with E-state index in [0.29, 0.717) is 0 Å². The summed E-state index contributed by atoms with van der Waals surface area (Å²) in [5.41, 5.74) is 4.03. The summed E-state index contributed by atoms with van der Waals surface area (Å²) in [5, 5.41) is 5.17. The van der Waals surface area contributed by atoms with Gasteiger partial charge in [0.05, 0.1) is 6.04 Å². The van der Waals surface area contributed by atoms with Crippen LogP contribution in [0.25, 0.3) is 10.8 Å².